The molecule has 122 valence electrons. The first-order valence-corrected chi connectivity index (χ1v) is 9.70. The molecule has 1 aromatic carbocycles. The van der Waals surface area contributed by atoms with Crippen LogP contribution in [-0.2, 0) is 5.75 Å². The van der Waals surface area contributed by atoms with Gasteiger partial charge in [0, 0.05) is 27.4 Å². The van der Waals surface area contributed by atoms with Gasteiger partial charge in [0.25, 0.3) is 5.56 Å². The molecule has 0 bridgehead atoms. The van der Waals surface area contributed by atoms with Crippen molar-refractivity contribution in [1.82, 2.24) is 15.3 Å². The first kappa shape index (κ1) is 17.0. The van der Waals surface area contributed by atoms with E-state index in [1.54, 1.807) is 17.8 Å². The molecule has 0 spiro atoms. The Morgan fingerprint density at radius 1 is 1.35 bits per heavy atom. The summed E-state index contributed by atoms with van der Waals surface area (Å²) in [6, 6.07) is 3.66. The van der Waals surface area contributed by atoms with E-state index in [9.17, 15) is 4.79 Å². The molecule has 1 aliphatic rings. The molecule has 0 amide bonds. The Kier molecular flexibility index (Phi) is 4.85. The monoisotopic (exact) mass is 458 g/mol. The number of halogens is 2. The molecule has 1 aliphatic heterocycles. The molecular formula is C15H16Br2N4OS. The summed E-state index contributed by atoms with van der Waals surface area (Å²) in [6.07, 6.45) is 0. The van der Waals surface area contributed by atoms with Gasteiger partial charge in [-0.25, -0.2) is 4.98 Å². The zero-order valence-corrected chi connectivity index (χ0v) is 16.7. The van der Waals surface area contributed by atoms with Crippen molar-refractivity contribution in [2.24, 2.45) is 10.4 Å². The number of thioether (sulfide) groups is 1. The Morgan fingerprint density at radius 2 is 2.13 bits per heavy atom. The van der Waals surface area contributed by atoms with Crippen molar-refractivity contribution >= 4 is 59.7 Å². The van der Waals surface area contributed by atoms with Crippen LogP contribution in [-0.4, -0.2) is 28.2 Å². The molecule has 2 heterocycles. The standard InChI is InChI=1S/C15H16Br2N4OS/c1-15(2)6-18-14(19-7-15)23-5-11-20-12-9(13(22)21-11)3-8(16)4-10(12)17/h3-4H,5-7H2,1-2H3,(H,18,19)(H,20,21,22). The molecule has 8 heteroatoms. The van der Waals surface area contributed by atoms with Gasteiger partial charge < -0.3 is 10.3 Å². The van der Waals surface area contributed by atoms with Gasteiger partial charge in [-0.15, -0.1) is 0 Å². The predicted molar refractivity (Wildman–Crippen MR) is 103 cm³/mol. The fourth-order valence-corrected chi connectivity index (χ4v) is 4.28. The first-order chi connectivity index (χ1) is 10.8. The number of benzene rings is 1. The SMILES string of the molecule is CC1(C)CN=C(SCc2nc3c(Br)cc(Br)cc3c(=O)[nH]2)NC1. The van der Waals surface area contributed by atoms with Gasteiger partial charge in [0.15, 0.2) is 5.17 Å². The van der Waals surface area contributed by atoms with Crippen molar-refractivity contribution in [3.63, 3.8) is 0 Å². The molecule has 0 fully saturated rings. The van der Waals surface area contributed by atoms with Crippen LogP contribution >= 0.6 is 43.6 Å². The largest absolute Gasteiger partial charge is 0.364 e. The van der Waals surface area contributed by atoms with E-state index < -0.39 is 0 Å². The number of hydrogen-bond acceptors (Lipinski definition) is 5. The number of nitrogens with one attached hydrogen (secondary N) is 2. The van der Waals surface area contributed by atoms with E-state index in [1.165, 1.54) is 0 Å². The van der Waals surface area contributed by atoms with Crippen LogP contribution in [0.3, 0.4) is 0 Å². The van der Waals surface area contributed by atoms with Crippen LogP contribution in [0, 0.1) is 5.41 Å². The fraction of sp³-hybridized carbons (Fsp3) is 0.400. The molecule has 2 aromatic rings. The number of H-pyrrole nitrogens is 1. The zero-order valence-electron chi connectivity index (χ0n) is 12.7. The number of hydrogen-bond donors (Lipinski definition) is 2. The lowest BCUT2D eigenvalue weighted by Gasteiger charge is -2.28. The Morgan fingerprint density at radius 3 is 2.83 bits per heavy atom. The second-order valence-corrected chi connectivity index (χ2v) is 8.96. The molecular weight excluding hydrogens is 444 g/mol. The molecule has 5 nitrogen and oxygen atoms in total. The van der Waals surface area contributed by atoms with Gasteiger partial charge >= 0.3 is 0 Å². The van der Waals surface area contributed by atoms with Crippen LogP contribution in [0.4, 0.5) is 0 Å². The highest BCUT2D eigenvalue weighted by molar-refractivity contribution is 9.11. The Labute approximate surface area is 155 Å². The lowest BCUT2D eigenvalue weighted by molar-refractivity contribution is 0.364. The normalized spacial score (nSPS) is 17.0. The summed E-state index contributed by atoms with van der Waals surface area (Å²) in [6.45, 7) is 6.08. The Hall–Kier alpha value is -0.860. The Bertz CT molecular complexity index is 847. The van der Waals surface area contributed by atoms with E-state index in [-0.39, 0.29) is 11.0 Å². The van der Waals surface area contributed by atoms with Gasteiger partial charge in [0.1, 0.15) is 5.82 Å². The number of fused-ring (bicyclic) bond motifs is 1. The number of rotatable bonds is 2. The lowest BCUT2D eigenvalue weighted by Crippen LogP contribution is -2.39. The van der Waals surface area contributed by atoms with Crippen LogP contribution in [0.2, 0.25) is 0 Å². The van der Waals surface area contributed by atoms with Gasteiger partial charge in [-0.3, -0.25) is 9.79 Å². The average Bonchev–Trinajstić information content (AvgIpc) is 2.47. The molecule has 23 heavy (non-hydrogen) atoms. The number of aliphatic imine (C=N–C) groups is 1. The number of aromatic nitrogens is 2. The van der Waals surface area contributed by atoms with Crippen molar-refractivity contribution in [2.75, 3.05) is 13.1 Å². The second kappa shape index (κ2) is 6.57. The summed E-state index contributed by atoms with van der Waals surface area (Å²) in [7, 11) is 0. The van der Waals surface area contributed by atoms with Crippen LogP contribution in [0.15, 0.2) is 30.9 Å². The third-order valence-corrected chi connectivity index (χ3v) is 5.52. The second-order valence-electron chi connectivity index (χ2n) is 6.22. The third kappa shape index (κ3) is 3.97. The number of amidine groups is 1. The highest BCUT2D eigenvalue weighted by Crippen LogP contribution is 2.26. The van der Waals surface area contributed by atoms with Crippen molar-refractivity contribution in [3.05, 3.63) is 37.3 Å². The van der Waals surface area contributed by atoms with Crippen molar-refractivity contribution in [2.45, 2.75) is 19.6 Å². The summed E-state index contributed by atoms with van der Waals surface area (Å²) in [5.41, 5.74) is 0.733. The van der Waals surface area contributed by atoms with Crippen molar-refractivity contribution < 1.29 is 0 Å². The summed E-state index contributed by atoms with van der Waals surface area (Å²) in [5.74, 6) is 1.21. The maximum absolute atomic E-state index is 12.2. The summed E-state index contributed by atoms with van der Waals surface area (Å²) >= 11 is 8.42. The fourth-order valence-electron chi connectivity index (χ4n) is 2.23. The molecule has 0 radical (unpaired) electrons. The highest BCUT2D eigenvalue weighted by Gasteiger charge is 2.22. The molecule has 0 aliphatic carbocycles. The van der Waals surface area contributed by atoms with Crippen LogP contribution in [0.1, 0.15) is 19.7 Å². The minimum atomic E-state index is -0.132. The van der Waals surface area contributed by atoms with Crippen molar-refractivity contribution in [1.29, 1.82) is 0 Å². The maximum atomic E-state index is 12.2. The molecule has 1 aromatic heterocycles. The Balaban J connectivity index is 1.82. The van der Waals surface area contributed by atoms with Gasteiger partial charge in [-0.2, -0.15) is 0 Å². The molecule has 0 saturated heterocycles. The van der Waals surface area contributed by atoms with Gasteiger partial charge in [-0.1, -0.05) is 41.5 Å². The minimum Gasteiger partial charge on any atom is -0.364 e. The van der Waals surface area contributed by atoms with Crippen molar-refractivity contribution in [3.8, 4) is 0 Å². The molecule has 0 unspecified atom stereocenters. The molecule has 0 atom stereocenters. The topological polar surface area (TPSA) is 70.1 Å². The van der Waals surface area contributed by atoms with Crippen LogP contribution < -0.4 is 10.9 Å². The smallest absolute Gasteiger partial charge is 0.258 e. The number of nitrogens with zero attached hydrogens (tertiary/aromatic N) is 2. The minimum absolute atomic E-state index is 0.132. The van der Waals surface area contributed by atoms with Gasteiger partial charge in [0.2, 0.25) is 0 Å². The average molecular weight is 460 g/mol. The first-order valence-electron chi connectivity index (χ1n) is 7.13. The molecule has 0 saturated carbocycles. The van der Waals surface area contributed by atoms with Gasteiger partial charge in [-0.05, 0) is 28.1 Å². The van der Waals surface area contributed by atoms with E-state index in [4.69, 9.17) is 0 Å². The molecule has 2 N–H and O–H groups in total. The van der Waals surface area contributed by atoms with Crippen LogP contribution in [0.25, 0.3) is 10.9 Å². The van der Waals surface area contributed by atoms with E-state index in [0.717, 1.165) is 27.2 Å². The predicted octanol–water partition coefficient (Wildman–Crippen LogP) is 3.67. The van der Waals surface area contributed by atoms with Crippen LogP contribution in [0.5, 0.6) is 0 Å². The summed E-state index contributed by atoms with van der Waals surface area (Å²) in [4.78, 5) is 24.2. The quantitative estimate of drug-likeness (QED) is 0.718. The maximum Gasteiger partial charge on any atom is 0.258 e. The van der Waals surface area contributed by atoms with E-state index in [1.807, 2.05) is 6.07 Å². The third-order valence-electron chi connectivity index (χ3n) is 3.49. The number of aromatic amines is 1. The van der Waals surface area contributed by atoms with E-state index >= 15 is 0 Å². The summed E-state index contributed by atoms with van der Waals surface area (Å²) in [5, 5.41) is 4.80. The zero-order chi connectivity index (χ0) is 16.6. The summed E-state index contributed by atoms with van der Waals surface area (Å²) < 4.78 is 1.64. The lowest BCUT2D eigenvalue weighted by atomic mass is 9.93. The van der Waals surface area contributed by atoms with E-state index in [2.05, 4.69) is 66.0 Å². The van der Waals surface area contributed by atoms with E-state index in [0.29, 0.717) is 22.5 Å². The van der Waals surface area contributed by atoms with Gasteiger partial charge in [0.05, 0.1) is 16.7 Å². The molecule has 3 rings (SSSR count). The highest BCUT2D eigenvalue weighted by atomic mass is 79.9.